The minimum Gasteiger partial charge on any atom is -0.444 e. The van der Waals surface area contributed by atoms with Crippen LogP contribution in [0.1, 0.15) is 42.4 Å². The van der Waals surface area contributed by atoms with Gasteiger partial charge in [-0.15, -0.1) is 0 Å². The standard InChI is InChI=1S/C29H33N9O4/c1-29(2,3)42-28(41)36-11-12-37(21(17-36)18-39)26-14-23(27(40)31-16-20-7-5-19(15-30)6-8-20)33-25-13-22(34-38(25)26)24-9-10-32-35(24)4/h5-10,13-14,21,39H,11-12,16-18H2,1-4H3,(H,31,40). The lowest BCUT2D eigenvalue weighted by atomic mass is 10.1. The predicted molar refractivity (Wildman–Crippen MR) is 154 cm³/mol. The molecular formula is C29H33N9O4. The zero-order valence-electron chi connectivity index (χ0n) is 24.0. The third kappa shape index (κ3) is 6.03. The van der Waals surface area contributed by atoms with E-state index in [1.165, 1.54) is 0 Å². The number of hydrogen-bond donors (Lipinski definition) is 2. The first-order chi connectivity index (χ1) is 20.1. The Morgan fingerprint density at radius 2 is 1.93 bits per heavy atom. The number of ether oxygens (including phenoxy) is 1. The van der Waals surface area contributed by atoms with Gasteiger partial charge in [-0.2, -0.15) is 20.0 Å². The van der Waals surface area contributed by atoms with E-state index in [1.807, 2.05) is 38.8 Å². The molecule has 2 N–H and O–H groups in total. The zero-order chi connectivity index (χ0) is 30.0. The molecule has 0 bridgehead atoms. The van der Waals surface area contributed by atoms with E-state index in [-0.39, 0.29) is 31.3 Å². The van der Waals surface area contributed by atoms with Gasteiger partial charge in [0.2, 0.25) is 0 Å². The monoisotopic (exact) mass is 571 g/mol. The number of aliphatic hydroxyl groups excluding tert-OH is 1. The minimum atomic E-state index is -0.641. The number of nitrogens with one attached hydrogen (secondary N) is 1. The molecule has 13 nitrogen and oxygen atoms in total. The molecule has 1 aliphatic rings. The first kappa shape index (κ1) is 28.6. The van der Waals surface area contributed by atoms with Gasteiger partial charge < -0.3 is 25.0 Å². The van der Waals surface area contributed by atoms with Gasteiger partial charge in [-0.25, -0.2) is 9.78 Å². The van der Waals surface area contributed by atoms with Crippen molar-refractivity contribution in [1.29, 1.82) is 5.26 Å². The number of piperazine rings is 1. The fraction of sp³-hybridized carbons (Fsp3) is 0.379. The Kier molecular flexibility index (Phi) is 7.82. The van der Waals surface area contributed by atoms with Crippen molar-refractivity contribution in [2.75, 3.05) is 31.1 Å². The average Bonchev–Trinajstić information content (AvgIpc) is 3.60. The molecule has 1 unspecified atom stereocenters. The van der Waals surface area contributed by atoms with E-state index in [4.69, 9.17) is 15.1 Å². The molecule has 2 amide bonds. The van der Waals surface area contributed by atoms with E-state index in [2.05, 4.69) is 21.5 Å². The number of carbonyl (C=O) groups excluding carboxylic acids is 2. The van der Waals surface area contributed by atoms with Gasteiger partial charge in [-0.3, -0.25) is 9.48 Å². The molecular weight excluding hydrogens is 538 g/mol. The Labute approximate surface area is 242 Å². The maximum atomic E-state index is 13.3. The number of rotatable bonds is 6. The van der Waals surface area contributed by atoms with Gasteiger partial charge in [-0.1, -0.05) is 12.1 Å². The van der Waals surface area contributed by atoms with Gasteiger partial charge in [0, 0.05) is 51.6 Å². The summed E-state index contributed by atoms with van der Waals surface area (Å²) >= 11 is 0. The fourth-order valence-electron chi connectivity index (χ4n) is 4.81. The molecule has 1 aromatic carbocycles. The summed E-state index contributed by atoms with van der Waals surface area (Å²) in [6, 6.07) is 13.8. The highest BCUT2D eigenvalue weighted by Crippen LogP contribution is 2.27. The Morgan fingerprint density at radius 3 is 2.57 bits per heavy atom. The molecule has 0 saturated carbocycles. The molecule has 1 atom stereocenters. The van der Waals surface area contributed by atoms with Crippen molar-refractivity contribution in [3.8, 4) is 17.5 Å². The van der Waals surface area contributed by atoms with Crippen LogP contribution >= 0.6 is 0 Å². The van der Waals surface area contributed by atoms with E-state index >= 15 is 0 Å². The normalized spacial score (nSPS) is 15.5. The van der Waals surface area contributed by atoms with Crippen LogP contribution in [-0.4, -0.2) is 84.3 Å². The van der Waals surface area contributed by atoms with Crippen molar-refractivity contribution >= 4 is 23.5 Å². The molecule has 13 heteroatoms. The highest BCUT2D eigenvalue weighted by Gasteiger charge is 2.33. The van der Waals surface area contributed by atoms with E-state index in [1.54, 1.807) is 56.7 Å². The lowest BCUT2D eigenvalue weighted by molar-refractivity contribution is 0.0196. The Hall–Kier alpha value is -4.96. The molecule has 1 aliphatic heterocycles. The van der Waals surface area contributed by atoms with Crippen LogP contribution < -0.4 is 10.2 Å². The number of benzene rings is 1. The first-order valence-electron chi connectivity index (χ1n) is 13.6. The van der Waals surface area contributed by atoms with Crippen LogP contribution in [0.3, 0.4) is 0 Å². The van der Waals surface area contributed by atoms with Crippen LogP contribution in [0.25, 0.3) is 17.0 Å². The summed E-state index contributed by atoms with van der Waals surface area (Å²) in [5, 5.41) is 31.3. The number of aromatic nitrogens is 5. The van der Waals surface area contributed by atoms with E-state index in [0.29, 0.717) is 35.8 Å². The van der Waals surface area contributed by atoms with E-state index < -0.39 is 17.7 Å². The number of aryl methyl sites for hydroxylation is 1. The summed E-state index contributed by atoms with van der Waals surface area (Å²) < 4.78 is 8.89. The van der Waals surface area contributed by atoms with Gasteiger partial charge in [0.15, 0.2) is 5.65 Å². The maximum absolute atomic E-state index is 13.3. The number of nitrogens with zero attached hydrogens (tertiary/aromatic N) is 8. The summed E-state index contributed by atoms with van der Waals surface area (Å²) in [5.74, 6) is 0.166. The topological polar surface area (TPSA) is 154 Å². The first-order valence-corrected chi connectivity index (χ1v) is 13.6. The molecule has 0 radical (unpaired) electrons. The van der Waals surface area contributed by atoms with Crippen LogP contribution in [0.15, 0.2) is 48.7 Å². The van der Waals surface area contributed by atoms with Gasteiger partial charge in [0.05, 0.1) is 30.0 Å². The number of hydrogen-bond acceptors (Lipinski definition) is 9. The van der Waals surface area contributed by atoms with Gasteiger partial charge in [0.25, 0.3) is 5.91 Å². The van der Waals surface area contributed by atoms with E-state index in [9.17, 15) is 14.7 Å². The Bertz CT molecular complexity index is 1650. The van der Waals surface area contributed by atoms with Crippen molar-refractivity contribution in [2.24, 2.45) is 7.05 Å². The number of aliphatic hydroxyl groups is 1. The van der Waals surface area contributed by atoms with Crippen molar-refractivity contribution in [2.45, 2.75) is 39.0 Å². The Balaban J connectivity index is 1.47. The molecule has 1 fully saturated rings. The third-order valence-corrected chi connectivity index (χ3v) is 6.90. The van der Waals surface area contributed by atoms with Gasteiger partial charge >= 0.3 is 6.09 Å². The van der Waals surface area contributed by atoms with Crippen LogP contribution in [0.4, 0.5) is 10.6 Å². The van der Waals surface area contributed by atoms with Crippen molar-refractivity contribution < 1.29 is 19.4 Å². The molecule has 4 aromatic rings. The molecule has 218 valence electrons. The number of anilines is 1. The lowest BCUT2D eigenvalue weighted by Crippen LogP contribution is -2.57. The van der Waals surface area contributed by atoms with Crippen LogP contribution in [0, 0.1) is 11.3 Å². The third-order valence-electron chi connectivity index (χ3n) is 6.90. The van der Waals surface area contributed by atoms with Gasteiger partial charge in [-0.05, 0) is 44.5 Å². The second-order valence-electron chi connectivity index (χ2n) is 11.1. The van der Waals surface area contributed by atoms with Crippen molar-refractivity contribution in [3.05, 3.63) is 65.5 Å². The second kappa shape index (κ2) is 11.5. The molecule has 3 aromatic heterocycles. The highest BCUT2D eigenvalue weighted by atomic mass is 16.6. The summed E-state index contributed by atoms with van der Waals surface area (Å²) in [4.78, 5) is 34.2. The smallest absolute Gasteiger partial charge is 0.410 e. The Morgan fingerprint density at radius 1 is 1.17 bits per heavy atom. The van der Waals surface area contributed by atoms with Crippen LogP contribution in [-0.2, 0) is 18.3 Å². The predicted octanol–water partition coefficient (Wildman–Crippen LogP) is 2.35. The van der Waals surface area contributed by atoms with Gasteiger partial charge in [0.1, 0.15) is 22.8 Å². The number of nitriles is 1. The summed E-state index contributed by atoms with van der Waals surface area (Å²) in [7, 11) is 1.81. The summed E-state index contributed by atoms with van der Waals surface area (Å²) in [6.07, 6.45) is 1.23. The lowest BCUT2D eigenvalue weighted by Gasteiger charge is -2.42. The highest BCUT2D eigenvalue weighted by molar-refractivity contribution is 5.93. The molecule has 4 heterocycles. The van der Waals surface area contributed by atoms with Crippen LogP contribution in [0.5, 0.6) is 0 Å². The second-order valence-corrected chi connectivity index (χ2v) is 11.1. The quantitative estimate of drug-likeness (QED) is 0.355. The number of amides is 2. The number of fused-ring (bicyclic) bond motifs is 1. The summed E-state index contributed by atoms with van der Waals surface area (Å²) in [5.41, 5.74) is 2.74. The molecule has 1 saturated heterocycles. The van der Waals surface area contributed by atoms with Crippen molar-refractivity contribution in [3.63, 3.8) is 0 Å². The van der Waals surface area contributed by atoms with Crippen LogP contribution in [0.2, 0.25) is 0 Å². The minimum absolute atomic E-state index is 0.175. The molecule has 0 spiro atoms. The zero-order valence-corrected chi connectivity index (χ0v) is 24.0. The number of carbonyl (C=O) groups is 2. The maximum Gasteiger partial charge on any atom is 0.410 e. The molecule has 0 aliphatic carbocycles. The van der Waals surface area contributed by atoms with Crippen molar-refractivity contribution in [1.82, 2.24) is 34.6 Å². The average molecular weight is 572 g/mol. The summed E-state index contributed by atoms with van der Waals surface area (Å²) in [6.45, 7) is 6.39. The van der Waals surface area contributed by atoms with E-state index in [0.717, 1.165) is 11.3 Å². The fourth-order valence-corrected chi connectivity index (χ4v) is 4.81. The largest absolute Gasteiger partial charge is 0.444 e. The SMILES string of the molecule is Cn1nccc1-c1cc2nc(C(=O)NCc3ccc(C#N)cc3)cc(N3CCN(C(=O)OC(C)(C)C)CC3CO)n2n1. The molecule has 5 rings (SSSR count). The molecule has 42 heavy (non-hydrogen) atoms.